The maximum Gasteiger partial charge on any atom is 0.416 e. The van der Waals surface area contributed by atoms with E-state index in [2.05, 4.69) is 5.32 Å². The van der Waals surface area contributed by atoms with Crippen molar-refractivity contribution in [2.45, 2.75) is 19.3 Å². The van der Waals surface area contributed by atoms with Crippen LogP contribution in [-0.4, -0.2) is 18.0 Å². The number of nitrogens with zero attached hydrogens (tertiary/aromatic N) is 1. The first-order valence-corrected chi connectivity index (χ1v) is 7.53. The standard InChI is InChI=1S/C17H16ClF3N2O/c1-23(11-13-3-2-4-15(18)9-13)16(24)22-10-12-5-7-14(8-6-12)17(19,20)21/h2-9H,10-11H2,1H3,(H,22,24). The Labute approximate surface area is 143 Å². The van der Waals surface area contributed by atoms with Crippen LogP contribution in [0, 0.1) is 0 Å². The third-order valence-electron chi connectivity index (χ3n) is 3.38. The fourth-order valence-electron chi connectivity index (χ4n) is 2.11. The van der Waals surface area contributed by atoms with E-state index in [0.29, 0.717) is 17.1 Å². The second-order valence-electron chi connectivity index (χ2n) is 5.34. The van der Waals surface area contributed by atoms with Crippen LogP contribution in [-0.2, 0) is 19.3 Å². The molecular weight excluding hydrogens is 341 g/mol. The molecule has 2 amide bonds. The molecule has 0 atom stereocenters. The first kappa shape index (κ1) is 18.1. The predicted molar refractivity (Wildman–Crippen MR) is 86.6 cm³/mol. The molecule has 0 aromatic heterocycles. The summed E-state index contributed by atoms with van der Waals surface area (Å²) in [5, 5.41) is 3.25. The zero-order chi connectivity index (χ0) is 17.7. The van der Waals surface area contributed by atoms with Gasteiger partial charge >= 0.3 is 12.2 Å². The molecule has 0 radical (unpaired) electrons. The van der Waals surface area contributed by atoms with Gasteiger partial charge in [-0.3, -0.25) is 0 Å². The second-order valence-corrected chi connectivity index (χ2v) is 5.78. The van der Waals surface area contributed by atoms with Crippen molar-refractivity contribution in [3.05, 3.63) is 70.2 Å². The monoisotopic (exact) mass is 356 g/mol. The Bertz CT molecular complexity index is 702. The van der Waals surface area contributed by atoms with E-state index in [-0.39, 0.29) is 12.6 Å². The van der Waals surface area contributed by atoms with Crippen molar-refractivity contribution in [2.75, 3.05) is 7.05 Å². The minimum absolute atomic E-state index is 0.150. The Balaban J connectivity index is 1.88. The van der Waals surface area contributed by atoms with Gasteiger partial charge in [-0.1, -0.05) is 35.9 Å². The molecule has 0 spiro atoms. The molecular formula is C17H16ClF3N2O. The average Bonchev–Trinajstić information content (AvgIpc) is 2.52. The van der Waals surface area contributed by atoms with Gasteiger partial charge in [-0.15, -0.1) is 0 Å². The third-order valence-corrected chi connectivity index (χ3v) is 3.62. The fraction of sp³-hybridized carbons (Fsp3) is 0.235. The number of hydrogen-bond donors (Lipinski definition) is 1. The van der Waals surface area contributed by atoms with Crippen molar-refractivity contribution in [1.29, 1.82) is 0 Å². The van der Waals surface area contributed by atoms with Crippen molar-refractivity contribution in [3.8, 4) is 0 Å². The summed E-state index contributed by atoms with van der Waals surface area (Å²) < 4.78 is 37.5. The van der Waals surface area contributed by atoms with E-state index in [1.807, 2.05) is 6.07 Å². The van der Waals surface area contributed by atoms with Gasteiger partial charge in [0.2, 0.25) is 0 Å². The molecule has 7 heteroatoms. The molecule has 3 nitrogen and oxygen atoms in total. The molecule has 0 saturated heterocycles. The number of carbonyl (C=O) groups is 1. The highest BCUT2D eigenvalue weighted by molar-refractivity contribution is 6.30. The molecule has 0 unspecified atom stereocenters. The van der Waals surface area contributed by atoms with Gasteiger partial charge in [0.15, 0.2) is 0 Å². The Kier molecular flexibility index (Phi) is 5.72. The van der Waals surface area contributed by atoms with Crippen LogP contribution in [0.3, 0.4) is 0 Å². The van der Waals surface area contributed by atoms with Crippen molar-refractivity contribution < 1.29 is 18.0 Å². The summed E-state index contributed by atoms with van der Waals surface area (Å²) in [4.78, 5) is 13.5. The Morgan fingerprint density at radius 1 is 1.12 bits per heavy atom. The quantitative estimate of drug-likeness (QED) is 0.846. The molecule has 0 aliphatic heterocycles. The van der Waals surface area contributed by atoms with Gasteiger partial charge in [0, 0.05) is 25.2 Å². The molecule has 1 N–H and O–H groups in total. The predicted octanol–water partition coefficient (Wildman–Crippen LogP) is 4.70. The molecule has 24 heavy (non-hydrogen) atoms. The number of halogens is 4. The number of urea groups is 1. The van der Waals surface area contributed by atoms with Crippen LogP contribution in [0.4, 0.5) is 18.0 Å². The minimum Gasteiger partial charge on any atom is -0.334 e. The molecule has 128 valence electrons. The molecule has 0 aliphatic rings. The van der Waals surface area contributed by atoms with Crippen molar-refractivity contribution in [2.24, 2.45) is 0 Å². The first-order chi connectivity index (χ1) is 11.3. The number of nitrogens with one attached hydrogen (secondary N) is 1. The summed E-state index contributed by atoms with van der Waals surface area (Å²) in [6.45, 7) is 0.524. The fourth-order valence-corrected chi connectivity index (χ4v) is 2.32. The molecule has 0 heterocycles. The van der Waals surface area contributed by atoms with Crippen LogP contribution in [0.25, 0.3) is 0 Å². The molecule has 0 fully saturated rings. The van der Waals surface area contributed by atoms with E-state index in [9.17, 15) is 18.0 Å². The maximum absolute atomic E-state index is 12.5. The van der Waals surface area contributed by atoms with Gasteiger partial charge in [-0.2, -0.15) is 13.2 Å². The van der Waals surface area contributed by atoms with E-state index < -0.39 is 11.7 Å². The lowest BCUT2D eigenvalue weighted by atomic mass is 10.1. The highest BCUT2D eigenvalue weighted by atomic mass is 35.5. The maximum atomic E-state index is 12.5. The van der Waals surface area contributed by atoms with Crippen LogP contribution in [0.2, 0.25) is 5.02 Å². The van der Waals surface area contributed by atoms with Crippen molar-refractivity contribution in [3.63, 3.8) is 0 Å². The van der Waals surface area contributed by atoms with E-state index in [4.69, 9.17) is 11.6 Å². The normalized spacial score (nSPS) is 11.2. The number of carbonyl (C=O) groups excluding carboxylic acids is 1. The average molecular weight is 357 g/mol. The Hall–Kier alpha value is -2.21. The largest absolute Gasteiger partial charge is 0.416 e. The lowest BCUT2D eigenvalue weighted by Gasteiger charge is -2.18. The van der Waals surface area contributed by atoms with E-state index >= 15 is 0 Å². The Morgan fingerprint density at radius 3 is 2.38 bits per heavy atom. The smallest absolute Gasteiger partial charge is 0.334 e. The first-order valence-electron chi connectivity index (χ1n) is 7.15. The second kappa shape index (κ2) is 7.57. The molecule has 2 rings (SSSR count). The highest BCUT2D eigenvalue weighted by Crippen LogP contribution is 2.29. The number of hydrogen-bond acceptors (Lipinski definition) is 1. The van der Waals surface area contributed by atoms with Gasteiger partial charge in [-0.05, 0) is 35.4 Å². The zero-order valence-corrected chi connectivity index (χ0v) is 13.7. The van der Waals surface area contributed by atoms with Crippen LogP contribution in [0.5, 0.6) is 0 Å². The summed E-state index contributed by atoms with van der Waals surface area (Å²) in [6, 6.07) is 11.5. The lowest BCUT2D eigenvalue weighted by molar-refractivity contribution is -0.137. The van der Waals surface area contributed by atoms with Crippen molar-refractivity contribution >= 4 is 17.6 Å². The number of amides is 2. The van der Waals surface area contributed by atoms with E-state index in [1.54, 1.807) is 25.2 Å². The van der Waals surface area contributed by atoms with Gasteiger partial charge in [0.05, 0.1) is 5.56 Å². The summed E-state index contributed by atoms with van der Waals surface area (Å²) >= 11 is 5.89. The SMILES string of the molecule is CN(Cc1cccc(Cl)c1)C(=O)NCc1ccc(C(F)(F)F)cc1. The topological polar surface area (TPSA) is 32.3 Å². The summed E-state index contributed by atoms with van der Waals surface area (Å²) in [5.74, 6) is 0. The number of rotatable bonds is 4. The Morgan fingerprint density at radius 2 is 1.79 bits per heavy atom. The summed E-state index contributed by atoms with van der Waals surface area (Å²) in [5.41, 5.74) is 0.762. The van der Waals surface area contributed by atoms with Crippen LogP contribution in [0.15, 0.2) is 48.5 Å². The lowest BCUT2D eigenvalue weighted by Crippen LogP contribution is -2.36. The molecule has 0 bridgehead atoms. The van der Waals surface area contributed by atoms with E-state index in [1.165, 1.54) is 17.0 Å². The van der Waals surface area contributed by atoms with Crippen LogP contribution < -0.4 is 5.32 Å². The van der Waals surface area contributed by atoms with Gasteiger partial charge in [0.1, 0.15) is 0 Å². The third kappa shape index (κ3) is 5.16. The van der Waals surface area contributed by atoms with Gasteiger partial charge in [0.25, 0.3) is 0 Å². The summed E-state index contributed by atoms with van der Waals surface area (Å²) in [7, 11) is 1.63. The van der Waals surface area contributed by atoms with Crippen molar-refractivity contribution in [1.82, 2.24) is 10.2 Å². The number of alkyl halides is 3. The van der Waals surface area contributed by atoms with Crippen LogP contribution >= 0.6 is 11.6 Å². The van der Waals surface area contributed by atoms with Gasteiger partial charge in [-0.25, -0.2) is 4.79 Å². The van der Waals surface area contributed by atoms with Gasteiger partial charge < -0.3 is 10.2 Å². The number of benzene rings is 2. The zero-order valence-electron chi connectivity index (χ0n) is 12.9. The molecule has 2 aromatic carbocycles. The molecule has 2 aromatic rings. The molecule has 0 aliphatic carbocycles. The minimum atomic E-state index is -4.36. The highest BCUT2D eigenvalue weighted by Gasteiger charge is 2.29. The molecule has 0 saturated carbocycles. The van der Waals surface area contributed by atoms with E-state index in [0.717, 1.165) is 17.7 Å². The summed E-state index contributed by atoms with van der Waals surface area (Å²) in [6.07, 6.45) is -4.36. The van der Waals surface area contributed by atoms with Crippen LogP contribution in [0.1, 0.15) is 16.7 Å².